The number of para-hydroxylation sites is 1. The standard InChI is InChI=1S/C20H27N5O/c1-24-13-15(10-22-24)18-11-21-12-19(18)20(26)23-16-6-5-9-25(14-16)17-7-3-2-4-8-17/h2-4,7-8,10,13,16,18-19,21H,5-6,9,11-12,14H2,1H3,(H,23,26)/t16?,18-,19+/m1/s1. The van der Waals surface area contributed by atoms with Crippen molar-refractivity contribution in [3.63, 3.8) is 0 Å². The predicted molar refractivity (Wildman–Crippen MR) is 102 cm³/mol. The van der Waals surface area contributed by atoms with Gasteiger partial charge in [-0.1, -0.05) is 18.2 Å². The quantitative estimate of drug-likeness (QED) is 0.875. The summed E-state index contributed by atoms with van der Waals surface area (Å²) >= 11 is 0. The fourth-order valence-corrected chi connectivity index (χ4v) is 4.21. The van der Waals surface area contributed by atoms with E-state index in [1.54, 1.807) is 0 Å². The molecule has 6 heteroatoms. The third-order valence-corrected chi connectivity index (χ3v) is 5.59. The van der Waals surface area contributed by atoms with Gasteiger partial charge in [0.05, 0.1) is 12.1 Å². The van der Waals surface area contributed by atoms with E-state index in [0.717, 1.165) is 44.6 Å². The molecule has 2 N–H and O–H groups in total. The molecule has 0 bridgehead atoms. The smallest absolute Gasteiger partial charge is 0.225 e. The highest BCUT2D eigenvalue weighted by Crippen LogP contribution is 2.28. The number of piperidine rings is 1. The second-order valence-electron chi connectivity index (χ2n) is 7.45. The van der Waals surface area contributed by atoms with Crippen molar-refractivity contribution in [2.75, 3.05) is 31.1 Å². The number of amides is 1. The van der Waals surface area contributed by atoms with Gasteiger partial charge in [0.2, 0.25) is 5.91 Å². The van der Waals surface area contributed by atoms with Gasteiger partial charge in [0, 0.05) is 57.1 Å². The molecule has 26 heavy (non-hydrogen) atoms. The molecule has 1 unspecified atom stereocenters. The van der Waals surface area contributed by atoms with Gasteiger partial charge in [0.1, 0.15) is 0 Å². The fraction of sp³-hybridized carbons (Fsp3) is 0.500. The number of nitrogens with zero attached hydrogens (tertiary/aromatic N) is 3. The average molecular weight is 353 g/mol. The Morgan fingerprint density at radius 3 is 2.88 bits per heavy atom. The van der Waals surface area contributed by atoms with Crippen LogP contribution in [0.25, 0.3) is 0 Å². The van der Waals surface area contributed by atoms with E-state index in [9.17, 15) is 4.79 Å². The van der Waals surface area contributed by atoms with Gasteiger partial charge in [-0.05, 0) is 30.5 Å². The fourth-order valence-electron chi connectivity index (χ4n) is 4.21. The van der Waals surface area contributed by atoms with Gasteiger partial charge >= 0.3 is 0 Å². The van der Waals surface area contributed by atoms with Crippen LogP contribution in [0.15, 0.2) is 42.7 Å². The Morgan fingerprint density at radius 2 is 2.12 bits per heavy atom. The summed E-state index contributed by atoms with van der Waals surface area (Å²) in [6.45, 7) is 3.51. The van der Waals surface area contributed by atoms with Gasteiger partial charge in [0.25, 0.3) is 0 Å². The van der Waals surface area contributed by atoms with Crippen LogP contribution >= 0.6 is 0 Å². The summed E-state index contributed by atoms with van der Waals surface area (Å²) < 4.78 is 1.81. The SMILES string of the molecule is Cn1cc([C@H]2CNC[C@@H]2C(=O)NC2CCCN(c3ccccc3)C2)cn1. The van der Waals surface area contributed by atoms with Crippen molar-refractivity contribution in [1.29, 1.82) is 0 Å². The molecule has 0 radical (unpaired) electrons. The van der Waals surface area contributed by atoms with Gasteiger partial charge in [-0.3, -0.25) is 9.48 Å². The lowest BCUT2D eigenvalue weighted by atomic mass is 9.89. The lowest BCUT2D eigenvalue weighted by Crippen LogP contribution is -2.50. The van der Waals surface area contributed by atoms with Gasteiger partial charge in [0.15, 0.2) is 0 Å². The van der Waals surface area contributed by atoms with Gasteiger partial charge in [-0.15, -0.1) is 0 Å². The number of hydrogen-bond donors (Lipinski definition) is 2. The first-order valence-corrected chi connectivity index (χ1v) is 9.50. The molecule has 0 spiro atoms. The first-order valence-electron chi connectivity index (χ1n) is 9.50. The van der Waals surface area contributed by atoms with Crippen LogP contribution in [0.1, 0.15) is 24.3 Å². The van der Waals surface area contributed by atoms with Crippen molar-refractivity contribution in [3.05, 3.63) is 48.3 Å². The molecule has 138 valence electrons. The minimum atomic E-state index is -0.0219. The number of carbonyl (C=O) groups is 1. The van der Waals surface area contributed by atoms with E-state index in [-0.39, 0.29) is 23.8 Å². The number of anilines is 1. The minimum Gasteiger partial charge on any atom is -0.369 e. The summed E-state index contributed by atoms with van der Waals surface area (Å²) in [7, 11) is 1.92. The Bertz CT molecular complexity index is 744. The van der Waals surface area contributed by atoms with Crippen molar-refractivity contribution in [2.45, 2.75) is 24.8 Å². The monoisotopic (exact) mass is 353 g/mol. The van der Waals surface area contributed by atoms with Crippen LogP contribution < -0.4 is 15.5 Å². The predicted octanol–water partition coefficient (Wildman–Crippen LogP) is 1.51. The molecular formula is C20H27N5O. The lowest BCUT2D eigenvalue weighted by Gasteiger charge is -2.35. The molecule has 2 aromatic rings. The van der Waals surface area contributed by atoms with Crippen LogP contribution in [0.4, 0.5) is 5.69 Å². The summed E-state index contributed by atoms with van der Waals surface area (Å²) in [6, 6.07) is 10.7. The second-order valence-corrected chi connectivity index (χ2v) is 7.45. The molecule has 2 saturated heterocycles. The number of hydrogen-bond acceptors (Lipinski definition) is 4. The molecule has 2 fully saturated rings. The zero-order chi connectivity index (χ0) is 17.9. The Labute approximate surface area is 154 Å². The normalized spacial score (nSPS) is 26.0. The van der Waals surface area contributed by atoms with Crippen molar-refractivity contribution in [3.8, 4) is 0 Å². The second kappa shape index (κ2) is 7.50. The van der Waals surface area contributed by atoms with Crippen LogP contribution in [0.5, 0.6) is 0 Å². The van der Waals surface area contributed by atoms with E-state index >= 15 is 0 Å². The minimum absolute atomic E-state index is 0.0219. The first kappa shape index (κ1) is 17.1. The maximum absolute atomic E-state index is 13.0. The van der Waals surface area contributed by atoms with Crippen LogP contribution in [0, 0.1) is 5.92 Å². The lowest BCUT2D eigenvalue weighted by molar-refractivity contribution is -0.125. The number of carbonyl (C=O) groups excluding carboxylic acids is 1. The van der Waals surface area contributed by atoms with Gasteiger partial charge in [-0.2, -0.15) is 5.10 Å². The zero-order valence-corrected chi connectivity index (χ0v) is 15.3. The van der Waals surface area contributed by atoms with Crippen molar-refractivity contribution < 1.29 is 4.79 Å². The summed E-state index contributed by atoms with van der Waals surface area (Å²) in [5.74, 6) is 0.354. The van der Waals surface area contributed by atoms with Crippen molar-refractivity contribution in [1.82, 2.24) is 20.4 Å². The molecule has 0 aliphatic carbocycles. The maximum atomic E-state index is 13.0. The topological polar surface area (TPSA) is 62.2 Å². The van der Waals surface area contributed by atoms with E-state index < -0.39 is 0 Å². The molecule has 3 atom stereocenters. The summed E-state index contributed by atoms with van der Waals surface area (Å²) in [4.78, 5) is 15.3. The molecule has 4 rings (SSSR count). The Hall–Kier alpha value is -2.34. The number of aryl methyl sites for hydroxylation is 1. The number of benzene rings is 1. The molecule has 6 nitrogen and oxygen atoms in total. The molecule has 2 aliphatic heterocycles. The molecule has 2 aliphatic rings. The summed E-state index contributed by atoms with van der Waals surface area (Å²) in [5.41, 5.74) is 2.38. The van der Waals surface area contributed by atoms with E-state index in [2.05, 4.69) is 44.9 Å². The highest BCUT2D eigenvalue weighted by molar-refractivity contribution is 5.81. The highest BCUT2D eigenvalue weighted by atomic mass is 16.2. The highest BCUT2D eigenvalue weighted by Gasteiger charge is 2.36. The third kappa shape index (κ3) is 3.60. The molecule has 1 amide bonds. The average Bonchev–Trinajstić information content (AvgIpc) is 3.31. The van der Waals surface area contributed by atoms with Crippen molar-refractivity contribution in [2.24, 2.45) is 13.0 Å². The summed E-state index contributed by atoms with van der Waals surface area (Å²) in [5, 5.41) is 11.0. The van der Waals surface area contributed by atoms with E-state index in [4.69, 9.17) is 0 Å². The largest absolute Gasteiger partial charge is 0.369 e. The molecular weight excluding hydrogens is 326 g/mol. The number of aromatic nitrogens is 2. The van der Waals surface area contributed by atoms with Crippen LogP contribution in [-0.4, -0.2) is 47.9 Å². The zero-order valence-electron chi connectivity index (χ0n) is 15.3. The van der Waals surface area contributed by atoms with Gasteiger partial charge in [-0.25, -0.2) is 0 Å². The van der Waals surface area contributed by atoms with Gasteiger partial charge < -0.3 is 15.5 Å². The molecule has 1 aromatic heterocycles. The van der Waals surface area contributed by atoms with Crippen molar-refractivity contribution >= 4 is 11.6 Å². The Morgan fingerprint density at radius 1 is 1.27 bits per heavy atom. The van der Waals surface area contributed by atoms with Crippen LogP contribution in [-0.2, 0) is 11.8 Å². The number of rotatable bonds is 4. The number of nitrogens with one attached hydrogen (secondary N) is 2. The molecule has 3 heterocycles. The van der Waals surface area contributed by atoms with Crippen LogP contribution in [0.3, 0.4) is 0 Å². The maximum Gasteiger partial charge on any atom is 0.225 e. The molecule has 1 aromatic carbocycles. The third-order valence-electron chi connectivity index (χ3n) is 5.59. The Balaban J connectivity index is 1.39. The Kier molecular flexibility index (Phi) is 4.93. The first-order chi connectivity index (χ1) is 12.7. The van der Waals surface area contributed by atoms with E-state index in [1.807, 2.05) is 30.2 Å². The molecule has 0 saturated carbocycles. The van der Waals surface area contributed by atoms with Crippen LogP contribution in [0.2, 0.25) is 0 Å². The van der Waals surface area contributed by atoms with E-state index in [1.165, 1.54) is 5.69 Å². The van der Waals surface area contributed by atoms with E-state index in [0.29, 0.717) is 0 Å². The summed E-state index contributed by atoms with van der Waals surface area (Å²) in [6.07, 6.45) is 6.06.